The molecule has 1 aliphatic rings. The second-order valence-electron chi connectivity index (χ2n) is 3.78. The smallest absolute Gasteiger partial charge is 0.324 e. The van der Waals surface area contributed by atoms with Gasteiger partial charge in [-0.25, -0.2) is 9.78 Å². The summed E-state index contributed by atoms with van der Waals surface area (Å²) in [5.41, 5.74) is 0. The first-order valence-electron chi connectivity index (χ1n) is 5.10. The molecular weight excluding hydrogens is 210 g/mol. The molecule has 1 unspecified atom stereocenters. The fourth-order valence-electron chi connectivity index (χ4n) is 1.65. The molecule has 0 spiro atoms. The largest absolute Gasteiger partial charge is 0.444 e. The average molecular weight is 223 g/mol. The first-order chi connectivity index (χ1) is 7.58. The third kappa shape index (κ3) is 1.91. The van der Waals surface area contributed by atoms with Gasteiger partial charge >= 0.3 is 6.03 Å². The maximum absolute atomic E-state index is 11.6. The van der Waals surface area contributed by atoms with Crippen molar-refractivity contribution in [1.82, 2.24) is 15.2 Å². The standard InChI is InChI=1S/C10H13N3O3/c1-6-5-11-9(16-6)7(2)13-4-3-8(14)12-10(13)15/h5,7H,3-4H2,1-2H3,(H,12,14,15). The van der Waals surface area contributed by atoms with Crippen LogP contribution in [0.4, 0.5) is 4.79 Å². The lowest BCUT2D eigenvalue weighted by atomic mass is 10.2. The Bertz CT molecular complexity index is 427. The highest BCUT2D eigenvalue weighted by molar-refractivity contribution is 5.96. The van der Waals surface area contributed by atoms with Crippen molar-refractivity contribution in [2.45, 2.75) is 26.3 Å². The number of aryl methyl sites for hydroxylation is 1. The zero-order valence-corrected chi connectivity index (χ0v) is 9.19. The van der Waals surface area contributed by atoms with Crippen LogP contribution in [0, 0.1) is 6.92 Å². The first kappa shape index (κ1) is 10.7. The summed E-state index contributed by atoms with van der Waals surface area (Å²) >= 11 is 0. The molecule has 2 heterocycles. The number of nitrogens with zero attached hydrogens (tertiary/aromatic N) is 2. The van der Waals surface area contributed by atoms with Gasteiger partial charge < -0.3 is 9.32 Å². The minimum Gasteiger partial charge on any atom is -0.444 e. The van der Waals surface area contributed by atoms with Gasteiger partial charge in [-0.3, -0.25) is 10.1 Å². The molecule has 2 rings (SSSR count). The van der Waals surface area contributed by atoms with Gasteiger partial charge in [-0.15, -0.1) is 0 Å². The second-order valence-corrected chi connectivity index (χ2v) is 3.78. The summed E-state index contributed by atoms with van der Waals surface area (Å²) in [5.74, 6) is 0.953. The van der Waals surface area contributed by atoms with Crippen molar-refractivity contribution in [3.8, 4) is 0 Å². The summed E-state index contributed by atoms with van der Waals surface area (Å²) in [6, 6.07) is -0.651. The Kier molecular flexibility index (Phi) is 2.64. The minimum atomic E-state index is -0.389. The Morgan fingerprint density at radius 2 is 2.31 bits per heavy atom. The van der Waals surface area contributed by atoms with Crippen molar-refractivity contribution in [3.05, 3.63) is 17.8 Å². The normalized spacial score (nSPS) is 18.5. The molecule has 3 amide bonds. The van der Waals surface area contributed by atoms with Gasteiger partial charge in [-0.1, -0.05) is 0 Å². The average Bonchev–Trinajstić information content (AvgIpc) is 2.64. The molecule has 16 heavy (non-hydrogen) atoms. The monoisotopic (exact) mass is 223 g/mol. The highest BCUT2D eigenvalue weighted by Crippen LogP contribution is 2.21. The summed E-state index contributed by atoms with van der Waals surface area (Å²) in [7, 11) is 0. The van der Waals surface area contributed by atoms with Crippen LogP contribution in [0.2, 0.25) is 0 Å². The zero-order chi connectivity index (χ0) is 11.7. The molecule has 0 aliphatic carbocycles. The molecule has 1 N–H and O–H groups in total. The number of imide groups is 1. The number of nitrogens with one attached hydrogen (secondary N) is 1. The van der Waals surface area contributed by atoms with Crippen LogP contribution >= 0.6 is 0 Å². The number of hydrogen-bond donors (Lipinski definition) is 1. The molecule has 6 nitrogen and oxygen atoms in total. The lowest BCUT2D eigenvalue weighted by Crippen LogP contribution is -2.50. The Hall–Kier alpha value is -1.85. The summed E-state index contributed by atoms with van der Waals surface area (Å²) in [5, 5.41) is 2.27. The fraction of sp³-hybridized carbons (Fsp3) is 0.500. The highest BCUT2D eigenvalue weighted by atomic mass is 16.4. The van der Waals surface area contributed by atoms with Crippen molar-refractivity contribution >= 4 is 11.9 Å². The van der Waals surface area contributed by atoms with Crippen LogP contribution in [0.5, 0.6) is 0 Å². The van der Waals surface area contributed by atoms with E-state index >= 15 is 0 Å². The van der Waals surface area contributed by atoms with E-state index < -0.39 is 0 Å². The molecule has 1 saturated heterocycles. The van der Waals surface area contributed by atoms with E-state index in [1.807, 2.05) is 6.92 Å². The van der Waals surface area contributed by atoms with E-state index in [0.717, 1.165) is 0 Å². The summed E-state index contributed by atoms with van der Waals surface area (Å²) < 4.78 is 5.36. The first-order valence-corrected chi connectivity index (χ1v) is 5.10. The van der Waals surface area contributed by atoms with Gasteiger partial charge in [0.15, 0.2) is 0 Å². The Morgan fingerprint density at radius 1 is 1.56 bits per heavy atom. The number of aromatic nitrogens is 1. The third-order valence-electron chi connectivity index (χ3n) is 2.55. The van der Waals surface area contributed by atoms with E-state index in [-0.39, 0.29) is 18.0 Å². The van der Waals surface area contributed by atoms with E-state index in [0.29, 0.717) is 24.6 Å². The molecule has 1 aliphatic heterocycles. The van der Waals surface area contributed by atoms with E-state index in [4.69, 9.17) is 4.42 Å². The van der Waals surface area contributed by atoms with E-state index in [1.165, 1.54) is 4.90 Å². The molecule has 0 radical (unpaired) electrons. The molecule has 1 aromatic rings. The molecule has 1 aromatic heterocycles. The topological polar surface area (TPSA) is 75.4 Å². The van der Waals surface area contributed by atoms with Gasteiger partial charge in [0, 0.05) is 13.0 Å². The number of oxazole rings is 1. The van der Waals surface area contributed by atoms with Crippen molar-refractivity contribution in [2.24, 2.45) is 0 Å². The number of carbonyl (C=O) groups excluding carboxylic acids is 2. The molecular formula is C10H13N3O3. The number of rotatable bonds is 2. The van der Waals surface area contributed by atoms with Gasteiger partial charge in [0.25, 0.3) is 0 Å². The maximum Gasteiger partial charge on any atom is 0.324 e. The summed E-state index contributed by atoms with van der Waals surface area (Å²) in [6.07, 6.45) is 1.93. The zero-order valence-electron chi connectivity index (χ0n) is 9.19. The van der Waals surface area contributed by atoms with Crippen molar-refractivity contribution in [2.75, 3.05) is 6.54 Å². The van der Waals surface area contributed by atoms with Crippen LogP contribution in [0.15, 0.2) is 10.6 Å². The molecule has 1 atom stereocenters. The van der Waals surface area contributed by atoms with Gasteiger partial charge in [0.05, 0.1) is 6.20 Å². The third-order valence-corrected chi connectivity index (χ3v) is 2.55. The van der Waals surface area contributed by atoms with Crippen LogP contribution in [-0.4, -0.2) is 28.4 Å². The van der Waals surface area contributed by atoms with E-state index in [9.17, 15) is 9.59 Å². The molecule has 0 bridgehead atoms. The minimum absolute atomic E-state index is 0.239. The number of amides is 3. The fourth-order valence-corrected chi connectivity index (χ4v) is 1.65. The number of urea groups is 1. The van der Waals surface area contributed by atoms with E-state index in [1.54, 1.807) is 13.1 Å². The SMILES string of the molecule is Cc1cnc(C(C)N2CCC(=O)NC2=O)o1. The van der Waals surface area contributed by atoms with Gasteiger partial charge in [0.2, 0.25) is 11.8 Å². The van der Waals surface area contributed by atoms with Crippen molar-refractivity contribution < 1.29 is 14.0 Å². The van der Waals surface area contributed by atoms with Crippen LogP contribution in [-0.2, 0) is 4.79 Å². The number of hydrogen-bond acceptors (Lipinski definition) is 4. The maximum atomic E-state index is 11.6. The van der Waals surface area contributed by atoms with Crippen LogP contribution in [0.1, 0.15) is 31.0 Å². The molecule has 0 aromatic carbocycles. The Morgan fingerprint density at radius 3 is 2.88 bits per heavy atom. The Balaban J connectivity index is 2.13. The summed E-state index contributed by atoms with van der Waals surface area (Å²) in [6.45, 7) is 4.01. The Labute approximate surface area is 92.6 Å². The lowest BCUT2D eigenvalue weighted by molar-refractivity contribution is -0.121. The van der Waals surface area contributed by atoms with Crippen molar-refractivity contribution in [1.29, 1.82) is 0 Å². The molecule has 0 saturated carbocycles. The van der Waals surface area contributed by atoms with Gasteiger partial charge in [-0.05, 0) is 13.8 Å². The highest BCUT2D eigenvalue weighted by Gasteiger charge is 2.29. The van der Waals surface area contributed by atoms with Gasteiger partial charge in [0.1, 0.15) is 11.8 Å². The molecule has 86 valence electrons. The quantitative estimate of drug-likeness (QED) is 0.811. The lowest BCUT2D eigenvalue weighted by Gasteiger charge is -2.30. The predicted molar refractivity (Wildman–Crippen MR) is 54.5 cm³/mol. The second kappa shape index (κ2) is 3.96. The van der Waals surface area contributed by atoms with Crippen LogP contribution in [0.3, 0.4) is 0 Å². The van der Waals surface area contributed by atoms with Crippen molar-refractivity contribution in [3.63, 3.8) is 0 Å². The van der Waals surface area contributed by atoms with E-state index in [2.05, 4.69) is 10.3 Å². The number of carbonyl (C=O) groups is 2. The van der Waals surface area contributed by atoms with Crippen LogP contribution < -0.4 is 5.32 Å². The van der Waals surface area contributed by atoms with Gasteiger partial charge in [-0.2, -0.15) is 0 Å². The summed E-state index contributed by atoms with van der Waals surface area (Å²) in [4.78, 5) is 28.1. The van der Waals surface area contributed by atoms with Crippen LogP contribution in [0.25, 0.3) is 0 Å². The molecule has 1 fully saturated rings. The molecule has 6 heteroatoms. The predicted octanol–water partition coefficient (Wildman–Crippen LogP) is 0.986.